The lowest BCUT2D eigenvalue weighted by atomic mass is 9.96. The monoisotopic (exact) mass is 739 g/mol. The van der Waals surface area contributed by atoms with Gasteiger partial charge in [0, 0.05) is 33.0 Å². The lowest BCUT2D eigenvalue weighted by Gasteiger charge is -2.30. The molecule has 272 valence electrons. The van der Waals surface area contributed by atoms with Crippen molar-refractivity contribution in [3.8, 4) is 44.5 Å². The maximum atomic E-state index is 6.52. The van der Waals surface area contributed by atoms with E-state index < -0.39 is 0 Å². The molecule has 0 radical (unpaired) electrons. The molecule has 11 rings (SSSR count). The van der Waals surface area contributed by atoms with Gasteiger partial charge in [0.25, 0.3) is 0 Å². The van der Waals surface area contributed by atoms with Crippen LogP contribution < -0.4 is 4.90 Å². The third-order valence-corrected chi connectivity index (χ3v) is 11.5. The Morgan fingerprint density at radius 1 is 0.293 bits per heavy atom. The van der Waals surface area contributed by atoms with Crippen LogP contribution >= 0.6 is 0 Å². The molecular formula is C56H37NO. The minimum atomic E-state index is 0.889. The summed E-state index contributed by atoms with van der Waals surface area (Å²) in [4.78, 5) is 2.41. The second-order valence-electron chi connectivity index (χ2n) is 14.9. The van der Waals surface area contributed by atoms with Crippen LogP contribution in [0.3, 0.4) is 0 Å². The van der Waals surface area contributed by atoms with Crippen molar-refractivity contribution in [1.82, 2.24) is 0 Å². The lowest BCUT2D eigenvalue weighted by Crippen LogP contribution is -2.12. The number of hydrogen-bond acceptors (Lipinski definition) is 2. The fraction of sp³-hybridized carbons (Fsp3) is 0. The molecule has 0 fully saturated rings. The first kappa shape index (κ1) is 33.6. The molecule has 2 heteroatoms. The average Bonchev–Trinajstić information content (AvgIpc) is 3.69. The molecule has 0 atom stereocenters. The largest absolute Gasteiger partial charge is 0.455 e. The Labute approximate surface area is 337 Å². The van der Waals surface area contributed by atoms with Crippen molar-refractivity contribution in [3.63, 3.8) is 0 Å². The van der Waals surface area contributed by atoms with Crippen LogP contribution in [0.1, 0.15) is 0 Å². The SMILES string of the molecule is c1ccc(-c2ccccc2N(c2ccc(-c3ccc(-c4cccc5ccccc45)cc3)cc2)c2ccccc2-c2ccc3oc4c5ccccc5ccc4c3c2)cc1. The number of anilines is 3. The standard InChI is InChI=1S/C56H37NO/c1-2-13-41(14-3-1)48-19-8-10-23-53(48)57(45-33-29-39(30-34-45)38-25-27-43(28-26-38)47-22-12-17-40-15-4-6-18-46(40)47)54-24-11-9-20-49(54)44-32-36-55-52(37-44)51-35-31-42-16-5-7-21-50(42)56(51)58-55/h1-37H. The van der Waals surface area contributed by atoms with Crippen LogP contribution in [0, 0.1) is 0 Å². The first-order valence-corrected chi connectivity index (χ1v) is 19.8. The molecule has 0 aliphatic heterocycles. The maximum absolute atomic E-state index is 6.52. The molecule has 1 aromatic heterocycles. The Hall–Kier alpha value is -7.68. The van der Waals surface area contributed by atoms with Crippen molar-refractivity contribution in [3.05, 3.63) is 224 Å². The predicted molar refractivity (Wildman–Crippen MR) is 245 cm³/mol. The summed E-state index contributed by atoms with van der Waals surface area (Å²) in [7, 11) is 0. The predicted octanol–water partition coefficient (Wildman–Crippen LogP) is 16.0. The molecule has 1 heterocycles. The Bertz CT molecular complexity index is 3260. The van der Waals surface area contributed by atoms with E-state index in [-0.39, 0.29) is 0 Å². The van der Waals surface area contributed by atoms with Crippen molar-refractivity contribution in [1.29, 1.82) is 0 Å². The zero-order valence-corrected chi connectivity index (χ0v) is 31.7. The van der Waals surface area contributed by atoms with Gasteiger partial charge in [-0.25, -0.2) is 0 Å². The number of hydrogen-bond donors (Lipinski definition) is 0. The number of nitrogens with zero attached hydrogens (tertiary/aromatic N) is 1. The van der Waals surface area contributed by atoms with Gasteiger partial charge in [0.05, 0.1) is 11.4 Å². The molecule has 0 saturated carbocycles. The Morgan fingerprint density at radius 3 is 1.55 bits per heavy atom. The van der Waals surface area contributed by atoms with Crippen LogP contribution in [0.4, 0.5) is 17.1 Å². The second-order valence-corrected chi connectivity index (χ2v) is 14.9. The molecule has 0 aliphatic rings. The normalized spacial score (nSPS) is 11.4. The highest BCUT2D eigenvalue weighted by Crippen LogP contribution is 2.46. The Balaban J connectivity index is 1.03. The van der Waals surface area contributed by atoms with Crippen LogP contribution in [-0.2, 0) is 0 Å². The molecule has 58 heavy (non-hydrogen) atoms. The average molecular weight is 740 g/mol. The number of fused-ring (bicyclic) bond motifs is 6. The van der Waals surface area contributed by atoms with Gasteiger partial charge in [-0.1, -0.05) is 182 Å². The van der Waals surface area contributed by atoms with Crippen LogP contribution in [-0.4, -0.2) is 0 Å². The van der Waals surface area contributed by atoms with Crippen LogP contribution in [0.15, 0.2) is 229 Å². The fourth-order valence-electron chi connectivity index (χ4n) is 8.65. The summed E-state index contributed by atoms with van der Waals surface area (Å²) in [5.41, 5.74) is 14.5. The summed E-state index contributed by atoms with van der Waals surface area (Å²) in [5.74, 6) is 0. The molecule has 0 unspecified atom stereocenters. The van der Waals surface area contributed by atoms with E-state index in [1.165, 1.54) is 44.0 Å². The first-order valence-electron chi connectivity index (χ1n) is 19.8. The van der Waals surface area contributed by atoms with E-state index >= 15 is 0 Å². The number of para-hydroxylation sites is 2. The third kappa shape index (κ3) is 5.82. The van der Waals surface area contributed by atoms with Crippen LogP contribution in [0.5, 0.6) is 0 Å². The quantitative estimate of drug-likeness (QED) is 0.162. The molecule has 0 amide bonds. The number of rotatable bonds is 7. The topological polar surface area (TPSA) is 16.4 Å². The van der Waals surface area contributed by atoms with Crippen molar-refractivity contribution in [2.45, 2.75) is 0 Å². The Kier molecular flexibility index (Phi) is 8.19. The highest BCUT2D eigenvalue weighted by atomic mass is 16.3. The van der Waals surface area contributed by atoms with Gasteiger partial charge in [-0.05, 0) is 92.0 Å². The molecule has 0 aliphatic carbocycles. The van der Waals surface area contributed by atoms with Crippen molar-refractivity contribution >= 4 is 60.5 Å². The minimum absolute atomic E-state index is 0.889. The van der Waals surface area contributed by atoms with E-state index in [0.717, 1.165) is 61.1 Å². The van der Waals surface area contributed by atoms with Crippen LogP contribution in [0.25, 0.3) is 88.0 Å². The molecule has 0 N–H and O–H groups in total. The lowest BCUT2D eigenvalue weighted by molar-refractivity contribution is 0.672. The van der Waals surface area contributed by atoms with Crippen molar-refractivity contribution in [2.24, 2.45) is 0 Å². The maximum Gasteiger partial charge on any atom is 0.143 e. The molecule has 0 spiro atoms. The van der Waals surface area contributed by atoms with E-state index in [1.807, 2.05) is 0 Å². The zero-order chi connectivity index (χ0) is 38.4. The van der Waals surface area contributed by atoms with E-state index in [1.54, 1.807) is 0 Å². The second kappa shape index (κ2) is 14.1. The van der Waals surface area contributed by atoms with Gasteiger partial charge >= 0.3 is 0 Å². The molecule has 0 saturated heterocycles. The summed E-state index contributed by atoms with van der Waals surface area (Å²) < 4.78 is 6.52. The smallest absolute Gasteiger partial charge is 0.143 e. The van der Waals surface area contributed by atoms with E-state index in [9.17, 15) is 0 Å². The summed E-state index contributed by atoms with van der Waals surface area (Å²) >= 11 is 0. The third-order valence-electron chi connectivity index (χ3n) is 11.5. The molecule has 2 nitrogen and oxygen atoms in total. The first-order chi connectivity index (χ1) is 28.8. The molecule has 10 aromatic carbocycles. The van der Waals surface area contributed by atoms with Gasteiger partial charge in [-0.15, -0.1) is 0 Å². The summed E-state index contributed by atoms with van der Waals surface area (Å²) in [6.45, 7) is 0. The van der Waals surface area contributed by atoms with Gasteiger partial charge in [0.1, 0.15) is 11.2 Å². The fourth-order valence-corrected chi connectivity index (χ4v) is 8.65. The van der Waals surface area contributed by atoms with Gasteiger partial charge in [0.2, 0.25) is 0 Å². The number of furan rings is 1. The highest BCUT2D eigenvalue weighted by Gasteiger charge is 2.21. The van der Waals surface area contributed by atoms with E-state index in [2.05, 4.69) is 229 Å². The number of benzene rings is 10. The van der Waals surface area contributed by atoms with Crippen molar-refractivity contribution in [2.75, 3.05) is 4.90 Å². The van der Waals surface area contributed by atoms with E-state index in [0.29, 0.717) is 0 Å². The van der Waals surface area contributed by atoms with Gasteiger partial charge < -0.3 is 9.32 Å². The van der Waals surface area contributed by atoms with Gasteiger partial charge in [0.15, 0.2) is 0 Å². The van der Waals surface area contributed by atoms with E-state index in [4.69, 9.17) is 4.42 Å². The van der Waals surface area contributed by atoms with Crippen molar-refractivity contribution < 1.29 is 4.42 Å². The van der Waals surface area contributed by atoms with Gasteiger partial charge in [-0.2, -0.15) is 0 Å². The van der Waals surface area contributed by atoms with Gasteiger partial charge in [-0.3, -0.25) is 0 Å². The summed E-state index contributed by atoms with van der Waals surface area (Å²) in [6.07, 6.45) is 0. The zero-order valence-electron chi connectivity index (χ0n) is 31.7. The van der Waals surface area contributed by atoms with Crippen LogP contribution in [0.2, 0.25) is 0 Å². The molecular weight excluding hydrogens is 703 g/mol. The molecule has 11 aromatic rings. The summed E-state index contributed by atoms with van der Waals surface area (Å²) in [6, 6.07) is 80.7. The minimum Gasteiger partial charge on any atom is -0.455 e. The Morgan fingerprint density at radius 2 is 0.810 bits per heavy atom. The summed E-state index contributed by atoms with van der Waals surface area (Å²) in [5, 5.41) is 7.07. The highest BCUT2D eigenvalue weighted by molar-refractivity contribution is 6.15. The molecule has 0 bridgehead atoms.